The first kappa shape index (κ1) is 20.2. The van der Waals surface area contributed by atoms with Crippen LogP contribution in [0.5, 0.6) is 0 Å². The first-order chi connectivity index (χ1) is 13.8. The topological polar surface area (TPSA) is 63.1 Å². The van der Waals surface area contributed by atoms with Gasteiger partial charge in [-0.05, 0) is 43.0 Å². The van der Waals surface area contributed by atoms with Crippen molar-refractivity contribution in [2.75, 3.05) is 18.4 Å². The van der Waals surface area contributed by atoms with Gasteiger partial charge in [-0.2, -0.15) is 23.3 Å². The van der Waals surface area contributed by atoms with Crippen LogP contribution in [-0.2, 0) is 11.2 Å². The largest absolute Gasteiger partial charge is 0.411 e. The highest BCUT2D eigenvalue weighted by atomic mass is 32.1. The number of nitrogens with one attached hydrogen (secondary N) is 1. The lowest BCUT2D eigenvalue weighted by atomic mass is 9.84. The fourth-order valence-electron chi connectivity index (χ4n) is 4.38. The minimum atomic E-state index is -4.36. The van der Waals surface area contributed by atoms with E-state index in [4.69, 9.17) is 0 Å². The number of hydrogen-bond donors (Lipinski definition) is 1. The molecule has 0 bridgehead atoms. The zero-order valence-electron chi connectivity index (χ0n) is 16.1. The van der Waals surface area contributed by atoms with Gasteiger partial charge in [0.1, 0.15) is 6.33 Å². The normalized spacial score (nSPS) is 24.1. The van der Waals surface area contributed by atoms with Crippen molar-refractivity contribution in [3.63, 3.8) is 0 Å². The number of thiophene rings is 1. The summed E-state index contributed by atoms with van der Waals surface area (Å²) in [6.45, 7) is 3.11. The monoisotopic (exact) mass is 427 g/mol. The van der Waals surface area contributed by atoms with Gasteiger partial charge < -0.3 is 10.2 Å². The number of likely N-dealkylation sites (tertiary alicyclic amines) is 1. The molecule has 0 aromatic carbocycles. The maximum atomic E-state index is 13.5. The van der Waals surface area contributed by atoms with Gasteiger partial charge in [0.2, 0.25) is 11.9 Å². The molecule has 29 heavy (non-hydrogen) atoms. The summed E-state index contributed by atoms with van der Waals surface area (Å²) in [5.74, 6) is 0.279. The fourth-order valence-corrected chi connectivity index (χ4v) is 5.22. The zero-order valence-corrected chi connectivity index (χ0v) is 16.9. The van der Waals surface area contributed by atoms with Crippen LogP contribution in [0, 0.1) is 11.8 Å². The maximum absolute atomic E-state index is 13.5. The molecule has 2 aromatic heterocycles. The Morgan fingerprint density at radius 2 is 2.14 bits per heavy atom. The van der Waals surface area contributed by atoms with Crippen LogP contribution in [0.3, 0.4) is 0 Å². The summed E-state index contributed by atoms with van der Waals surface area (Å²) in [7, 11) is 0. The number of nitrogens with zero attached hydrogens (tertiary/aromatic N) is 4. The van der Waals surface area contributed by atoms with Crippen molar-refractivity contribution in [1.82, 2.24) is 19.7 Å². The van der Waals surface area contributed by atoms with Crippen LogP contribution in [0.15, 0.2) is 23.8 Å². The second-order valence-electron chi connectivity index (χ2n) is 7.92. The lowest BCUT2D eigenvalue weighted by Gasteiger charge is -2.40. The smallest absolute Gasteiger partial charge is 0.351 e. The third kappa shape index (κ3) is 4.26. The first-order valence-corrected chi connectivity index (χ1v) is 10.7. The summed E-state index contributed by atoms with van der Waals surface area (Å²) < 4.78 is 41.4. The van der Waals surface area contributed by atoms with Crippen LogP contribution in [0.1, 0.15) is 37.1 Å². The Labute approximate surface area is 171 Å². The highest BCUT2D eigenvalue weighted by Gasteiger charge is 2.48. The van der Waals surface area contributed by atoms with Gasteiger partial charge in [0.25, 0.3) is 0 Å². The summed E-state index contributed by atoms with van der Waals surface area (Å²) in [4.78, 5) is 19.8. The fraction of sp³-hybridized carbons (Fsp3) is 0.632. The summed E-state index contributed by atoms with van der Waals surface area (Å²) in [5, 5.41) is 8.88. The quantitative estimate of drug-likeness (QED) is 0.807. The Morgan fingerprint density at radius 1 is 1.38 bits per heavy atom. The van der Waals surface area contributed by atoms with E-state index in [-0.39, 0.29) is 36.2 Å². The highest BCUT2D eigenvalue weighted by molar-refractivity contribution is 7.09. The summed E-state index contributed by atoms with van der Waals surface area (Å²) in [6.07, 6.45) is -1.17. The van der Waals surface area contributed by atoms with Crippen molar-refractivity contribution in [3.05, 3.63) is 28.7 Å². The first-order valence-electron chi connectivity index (χ1n) is 9.87. The number of aromatic nitrogens is 3. The minimum absolute atomic E-state index is 0.0622. The number of halogens is 3. The van der Waals surface area contributed by atoms with Crippen molar-refractivity contribution in [2.24, 2.45) is 11.8 Å². The van der Waals surface area contributed by atoms with Gasteiger partial charge in [-0.3, -0.25) is 4.79 Å². The van der Waals surface area contributed by atoms with E-state index < -0.39 is 12.2 Å². The Bertz CT molecular complexity index is 829. The molecule has 1 saturated heterocycles. The lowest BCUT2D eigenvalue weighted by Crippen LogP contribution is -2.48. The molecule has 6 nitrogen and oxygen atoms in total. The molecule has 2 aromatic rings. The minimum Gasteiger partial charge on any atom is -0.351 e. The van der Waals surface area contributed by atoms with E-state index in [0.29, 0.717) is 25.9 Å². The molecule has 0 spiro atoms. The molecule has 0 saturated carbocycles. The molecule has 2 aliphatic heterocycles. The van der Waals surface area contributed by atoms with Crippen molar-refractivity contribution in [3.8, 4) is 0 Å². The van der Waals surface area contributed by atoms with E-state index >= 15 is 0 Å². The van der Waals surface area contributed by atoms with Crippen molar-refractivity contribution >= 4 is 23.2 Å². The molecule has 1 unspecified atom stereocenters. The maximum Gasteiger partial charge on any atom is 0.411 e. The molecule has 4 heterocycles. The molecule has 1 N–H and O–H groups in total. The molecule has 2 aliphatic rings. The van der Waals surface area contributed by atoms with Gasteiger partial charge in [-0.1, -0.05) is 13.0 Å². The van der Waals surface area contributed by atoms with E-state index in [2.05, 4.69) is 15.4 Å². The molecular formula is C19H24F3N5OS. The second kappa shape index (κ2) is 7.97. The molecule has 10 heteroatoms. The molecular weight excluding hydrogens is 403 g/mol. The van der Waals surface area contributed by atoms with Crippen LogP contribution in [0.2, 0.25) is 0 Å². The number of fused-ring (bicyclic) bond motifs is 1. The number of piperidine rings is 1. The number of carbonyl (C=O) groups excluding carboxylic acids is 1. The van der Waals surface area contributed by atoms with E-state index in [9.17, 15) is 18.0 Å². The Morgan fingerprint density at radius 3 is 2.79 bits per heavy atom. The number of carbonyl (C=O) groups is 1. The standard InChI is InChI=1S/C19H24F3N5OS/c1-12(9-14-3-2-8-29-14)17(28)26-6-4-13(5-7-26)15-10-16(19(20,21)22)27-18(25-15)23-11-24-27/h2-3,8,11-13,15-16H,4-7,9-10H2,1H3,(H,23,24,25)/t12?,15-,16+/m0/s1. The Balaban J connectivity index is 1.35. The Kier molecular flexibility index (Phi) is 5.54. The number of hydrogen-bond acceptors (Lipinski definition) is 5. The van der Waals surface area contributed by atoms with Crippen LogP contribution in [0.4, 0.5) is 19.1 Å². The highest BCUT2D eigenvalue weighted by Crippen LogP contribution is 2.41. The van der Waals surface area contributed by atoms with Gasteiger partial charge >= 0.3 is 6.18 Å². The third-order valence-corrected chi connectivity index (χ3v) is 6.87. The van der Waals surface area contributed by atoms with E-state index in [1.165, 1.54) is 4.88 Å². The van der Waals surface area contributed by atoms with Gasteiger partial charge in [-0.25, -0.2) is 4.68 Å². The van der Waals surface area contributed by atoms with Gasteiger partial charge in [0.05, 0.1) is 0 Å². The molecule has 0 radical (unpaired) electrons. The molecule has 3 atom stereocenters. The van der Waals surface area contributed by atoms with Gasteiger partial charge in [-0.15, -0.1) is 11.3 Å². The van der Waals surface area contributed by atoms with E-state index in [0.717, 1.165) is 17.4 Å². The predicted molar refractivity (Wildman–Crippen MR) is 104 cm³/mol. The van der Waals surface area contributed by atoms with Gasteiger partial charge in [0.15, 0.2) is 6.04 Å². The summed E-state index contributed by atoms with van der Waals surface area (Å²) in [6, 6.07) is 2.04. The van der Waals surface area contributed by atoms with Crippen molar-refractivity contribution in [1.29, 1.82) is 0 Å². The van der Waals surface area contributed by atoms with E-state index in [1.54, 1.807) is 11.3 Å². The third-order valence-electron chi connectivity index (χ3n) is 5.97. The molecule has 1 amide bonds. The average molecular weight is 427 g/mol. The van der Waals surface area contributed by atoms with Crippen LogP contribution >= 0.6 is 11.3 Å². The predicted octanol–water partition coefficient (Wildman–Crippen LogP) is 3.74. The van der Waals surface area contributed by atoms with Crippen LogP contribution in [0.25, 0.3) is 0 Å². The van der Waals surface area contributed by atoms with Crippen molar-refractivity contribution < 1.29 is 18.0 Å². The second-order valence-corrected chi connectivity index (χ2v) is 8.95. The van der Waals surface area contributed by atoms with Crippen LogP contribution < -0.4 is 5.32 Å². The lowest BCUT2D eigenvalue weighted by molar-refractivity contribution is -0.174. The number of rotatable bonds is 4. The molecule has 0 aliphatic carbocycles. The summed E-state index contributed by atoms with van der Waals surface area (Å²) >= 11 is 1.65. The Hall–Kier alpha value is -2.10. The number of anilines is 1. The summed E-state index contributed by atoms with van der Waals surface area (Å²) in [5.41, 5.74) is 0. The zero-order chi connectivity index (χ0) is 20.6. The van der Waals surface area contributed by atoms with E-state index in [1.807, 2.05) is 29.3 Å². The number of amides is 1. The molecule has 1 fully saturated rings. The number of alkyl halides is 3. The van der Waals surface area contributed by atoms with Crippen LogP contribution in [-0.4, -0.2) is 50.9 Å². The molecule has 4 rings (SSSR count). The molecule has 158 valence electrons. The average Bonchev–Trinajstić information content (AvgIpc) is 3.37. The van der Waals surface area contributed by atoms with Gasteiger partial charge in [0, 0.05) is 29.9 Å². The van der Waals surface area contributed by atoms with Crippen molar-refractivity contribution in [2.45, 2.75) is 50.9 Å². The SMILES string of the molecule is CC(Cc1cccs1)C(=O)N1CCC([C@@H]2C[C@H](C(F)(F)F)n3ncnc3N2)CC1.